The van der Waals surface area contributed by atoms with Crippen molar-refractivity contribution in [2.24, 2.45) is 0 Å². The number of anilines is 1. The second-order valence-electron chi connectivity index (χ2n) is 6.83. The third-order valence-corrected chi connectivity index (χ3v) is 6.44. The van der Waals surface area contributed by atoms with Gasteiger partial charge in [0.15, 0.2) is 16.7 Å². The summed E-state index contributed by atoms with van der Waals surface area (Å²) in [5, 5.41) is 10.9. The first kappa shape index (κ1) is 22.0. The number of aliphatic hydroxyl groups excluding tert-OH is 1. The minimum Gasteiger partial charge on any atom is -0.503 e. The zero-order valence-electron chi connectivity index (χ0n) is 17.0. The summed E-state index contributed by atoms with van der Waals surface area (Å²) in [4.78, 5) is 44.4. The number of aryl methyl sites for hydroxylation is 1. The van der Waals surface area contributed by atoms with Crippen LogP contribution in [0.2, 0.25) is 0 Å². The molecule has 0 unspecified atom stereocenters. The number of amides is 1. The molecule has 3 heterocycles. The van der Waals surface area contributed by atoms with Gasteiger partial charge in [-0.2, -0.15) is 0 Å². The van der Waals surface area contributed by atoms with E-state index < -0.39 is 29.5 Å². The van der Waals surface area contributed by atoms with Crippen LogP contribution in [-0.2, 0) is 9.53 Å². The van der Waals surface area contributed by atoms with Gasteiger partial charge in [-0.3, -0.25) is 14.5 Å². The van der Waals surface area contributed by atoms with Crippen LogP contribution in [-0.4, -0.2) is 34.4 Å². The smallest absolute Gasteiger partial charge is 0.350 e. The van der Waals surface area contributed by atoms with Gasteiger partial charge in [0.05, 0.1) is 30.2 Å². The van der Waals surface area contributed by atoms with Gasteiger partial charge in [-0.15, -0.1) is 0 Å². The number of ketones is 1. The number of hydrogen-bond acceptors (Lipinski definition) is 8. The molecule has 0 fully saturated rings. The summed E-state index contributed by atoms with van der Waals surface area (Å²) in [6, 6.07) is 9.06. The molecule has 3 aromatic rings. The minimum absolute atomic E-state index is 0.0104. The number of carbonyl (C=O) groups excluding carboxylic acids is 3. The van der Waals surface area contributed by atoms with E-state index in [1.807, 2.05) is 0 Å². The molecule has 0 spiro atoms. The van der Waals surface area contributed by atoms with Crippen LogP contribution in [0.15, 0.2) is 62.9 Å². The van der Waals surface area contributed by atoms with Crippen LogP contribution >= 0.6 is 27.3 Å². The van der Waals surface area contributed by atoms with Gasteiger partial charge in [-0.05, 0) is 43.7 Å². The highest BCUT2D eigenvalue weighted by molar-refractivity contribution is 9.10. The van der Waals surface area contributed by atoms with Gasteiger partial charge in [0.25, 0.3) is 5.91 Å². The molecular weight excluding hydrogens is 500 g/mol. The van der Waals surface area contributed by atoms with Crippen LogP contribution < -0.4 is 4.90 Å². The third-order valence-electron chi connectivity index (χ3n) is 4.81. The Morgan fingerprint density at radius 3 is 2.75 bits per heavy atom. The van der Waals surface area contributed by atoms with E-state index in [0.29, 0.717) is 11.3 Å². The van der Waals surface area contributed by atoms with E-state index in [9.17, 15) is 19.5 Å². The van der Waals surface area contributed by atoms with Gasteiger partial charge in [0, 0.05) is 4.47 Å². The predicted octanol–water partition coefficient (Wildman–Crippen LogP) is 4.77. The Morgan fingerprint density at radius 1 is 1.31 bits per heavy atom. The number of ether oxygens (including phenoxy) is 1. The number of hydrogen-bond donors (Lipinski definition) is 1. The molecule has 0 bridgehead atoms. The number of carbonyl (C=O) groups is 3. The van der Waals surface area contributed by atoms with E-state index in [0.717, 1.165) is 15.8 Å². The molecule has 164 valence electrons. The van der Waals surface area contributed by atoms with Gasteiger partial charge >= 0.3 is 5.97 Å². The van der Waals surface area contributed by atoms with Crippen molar-refractivity contribution in [3.8, 4) is 0 Å². The number of esters is 1. The molecule has 1 aliphatic heterocycles. The summed E-state index contributed by atoms with van der Waals surface area (Å²) in [6.07, 6.45) is 1.34. The molecule has 2 aromatic heterocycles. The predicted molar refractivity (Wildman–Crippen MR) is 120 cm³/mol. The van der Waals surface area contributed by atoms with Crippen LogP contribution in [0.3, 0.4) is 0 Å². The van der Waals surface area contributed by atoms with Crippen LogP contribution in [0.4, 0.5) is 5.13 Å². The number of nitrogens with zero attached hydrogens (tertiary/aromatic N) is 2. The van der Waals surface area contributed by atoms with Crippen LogP contribution in [0.1, 0.15) is 44.4 Å². The fourth-order valence-corrected chi connectivity index (χ4v) is 4.84. The molecule has 1 N–H and O–H groups in total. The van der Waals surface area contributed by atoms with Crippen molar-refractivity contribution >= 4 is 50.1 Å². The van der Waals surface area contributed by atoms with Crippen LogP contribution in [0, 0.1) is 6.92 Å². The molecule has 1 atom stereocenters. The highest BCUT2D eigenvalue weighted by atomic mass is 79.9. The number of halogens is 1. The lowest BCUT2D eigenvalue weighted by atomic mass is 9.95. The van der Waals surface area contributed by atoms with Gasteiger partial charge < -0.3 is 14.3 Å². The van der Waals surface area contributed by atoms with E-state index in [2.05, 4.69) is 20.9 Å². The maximum Gasteiger partial charge on any atom is 0.350 e. The van der Waals surface area contributed by atoms with Gasteiger partial charge in [0.1, 0.15) is 4.88 Å². The Bertz CT molecular complexity index is 1250. The number of Topliss-reactive ketones (excluding diaryl/α,β-unsaturated/α-hetero) is 1. The molecule has 1 aromatic carbocycles. The topological polar surface area (TPSA) is 110 Å². The van der Waals surface area contributed by atoms with Crippen molar-refractivity contribution in [1.29, 1.82) is 0 Å². The normalized spacial score (nSPS) is 16.0. The molecule has 10 heteroatoms. The Labute approximate surface area is 195 Å². The van der Waals surface area contributed by atoms with Crippen molar-refractivity contribution in [2.45, 2.75) is 19.9 Å². The SMILES string of the molecule is CCOC(=O)c1sc(N2C(=O)C(O)=C(C(=O)c3ccco3)[C@@H]2c2cccc(Br)c2)nc1C. The zero-order chi connectivity index (χ0) is 23.0. The highest BCUT2D eigenvalue weighted by Crippen LogP contribution is 2.44. The number of aliphatic hydroxyl groups is 1. The monoisotopic (exact) mass is 516 g/mol. The van der Waals surface area contributed by atoms with Crippen LogP contribution in [0.25, 0.3) is 0 Å². The number of rotatable bonds is 6. The molecule has 0 saturated heterocycles. The van der Waals surface area contributed by atoms with Crippen molar-refractivity contribution < 1.29 is 28.6 Å². The third kappa shape index (κ3) is 3.76. The molecule has 4 rings (SSSR count). The molecule has 0 radical (unpaired) electrons. The molecular formula is C22H17BrN2O6S. The standard InChI is InChI=1S/C22H17BrN2O6S/c1-3-30-21(29)19-11(2)24-22(32-19)25-16(12-6-4-7-13(23)10-12)15(18(27)20(25)28)17(26)14-8-5-9-31-14/h4-10,16,27H,3H2,1-2H3/t16-/m0/s1. The Morgan fingerprint density at radius 2 is 2.09 bits per heavy atom. The van der Waals surface area contributed by atoms with E-state index in [1.165, 1.54) is 17.2 Å². The first-order valence-corrected chi connectivity index (χ1v) is 11.2. The summed E-state index contributed by atoms with van der Waals surface area (Å²) in [6.45, 7) is 3.51. The quantitative estimate of drug-likeness (QED) is 0.371. The van der Waals surface area contributed by atoms with Gasteiger partial charge in [0.2, 0.25) is 5.78 Å². The Hall–Kier alpha value is -3.24. The number of benzene rings is 1. The van der Waals surface area contributed by atoms with Gasteiger partial charge in [-0.25, -0.2) is 9.78 Å². The summed E-state index contributed by atoms with van der Waals surface area (Å²) >= 11 is 4.36. The lowest BCUT2D eigenvalue weighted by Gasteiger charge is -2.24. The average molecular weight is 517 g/mol. The number of aromatic nitrogens is 1. The Kier molecular flexibility index (Phi) is 5.98. The second-order valence-corrected chi connectivity index (χ2v) is 8.73. The molecule has 1 aliphatic rings. The van der Waals surface area contributed by atoms with Crippen molar-refractivity contribution in [1.82, 2.24) is 4.98 Å². The Balaban J connectivity index is 1.86. The first-order valence-electron chi connectivity index (χ1n) is 9.58. The lowest BCUT2D eigenvalue weighted by molar-refractivity contribution is -0.117. The summed E-state index contributed by atoms with van der Waals surface area (Å²) < 4.78 is 11.0. The average Bonchev–Trinajstić information content (AvgIpc) is 3.47. The molecule has 8 nitrogen and oxygen atoms in total. The summed E-state index contributed by atoms with van der Waals surface area (Å²) in [5.41, 5.74) is 0.820. The molecule has 32 heavy (non-hydrogen) atoms. The molecule has 0 saturated carbocycles. The van der Waals surface area contributed by atoms with Crippen LogP contribution in [0.5, 0.6) is 0 Å². The van der Waals surface area contributed by atoms with Gasteiger partial charge in [-0.1, -0.05) is 39.4 Å². The number of furan rings is 1. The van der Waals surface area contributed by atoms with E-state index in [1.54, 1.807) is 44.2 Å². The maximum absolute atomic E-state index is 13.2. The fraction of sp³-hybridized carbons (Fsp3) is 0.182. The lowest BCUT2D eigenvalue weighted by Crippen LogP contribution is -2.31. The van der Waals surface area contributed by atoms with E-state index in [-0.39, 0.29) is 27.9 Å². The molecule has 1 amide bonds. The number of thiazole rings is 1. The first-order chi connectivity index (χ1) is 15.3. The summed E-state index contributed by atoms with van der Waals surface area (Å²) in [7, 11) is 0. The van der Waals surface area contributed by atoms with Crippen molar-refractivity contribution in [2.75, 3.05) is 11.5 Å². The maximum atomic E-state index is 13.2. The summed E-state index contributed by atoms with van der Waals surface area (Å²) in [5.74, 6) is -2.67. The van der Waals surface area contributed by atoms with Crippen molar-refractivity contribution in [3.05, 3.63) is 80.4 Å². The van der Waals surface area contributed by atoms with Crippen molar-refractivity contribution in [3.63, 3.8) is 0 Å². The molecule has 0 aliphatic carbocycles. The largest absolute Gasteiger partial charge is 0.503 e. The zero-order valence-corrected chi connectivity index (χ0v) is 19.4. The van der Waals surface area contributed by atoms with E-state index in [4.69, 9.17) is 9.15 Å². The van der Waals surface area contributed by atoms with E-state index >= 15 is 0 Å². The fourth-order valence-electron chi connectivity index (χ4n) is 3.44. The second kappa shape index (κ2) is 8.71. The highest BCUT2D eigenvalue weighted by Gasteiger charge is 2.46. The minimum atomic E-state index is -0.974.